The quantitative estimate of drug-likeness (QED) is 0.658. The first-order valence-electron chi connectivity index (χ1n) is 9.04. The molecule has 5 nitrogen and oxygen atoms in total. The van der Waals surface area contributed by atoms with Crippen molar-refractivity contribution >= 4 is 6.03 Å². The predicted molar refractivity (Wildman–Crippen MR) is 88.9 cm³/mol. The molecule has 1 heterocycles. The average Bonchev–Trinajstić information content (AvgIpc) is 2.51. The fourth-order valence-corrected chi connectivity index (χ4v) is 3.69. The number of carbonyl (C=O) groups is 1. The van der Waals surface area contributed by atoms with Gasteiger partial charge in [-0.05, 0) is 51.1 Å². The maximum absolute atomic E-state index is 11.8. The number of urea groups is 1. The van der Waals surface area contributed by atoms with Crippen LogP contribution in [0.1, 0.15) is 58.3 Å². The molecule has 0 aromatic rings. The molecule has 2 aliphatic rings. The highest BCUT2D eigenvalue weighted by Crippen LogP contribution is 2.27. The molecule has 0 spiro atoms. The minimum absolute atomic E-state index is 0.147. The summed E-state index contributed by atoms with van der Waals surface area (Å²) in [4.78, 5) is 14.3. The van der Waals surface area contributed by atoms with E-state index in [2.05, 4.69) is 22.5 Å². The topological polar surface area (TPSA) is 64.6 Å². The van der Waals surface area contributed by atoms with Crippen LogP contribution in [-0.4, -0.2) is 54.4 Å². The van der Waals surface area contributed by atoms with E-state index in [1.807, 2.05) is 0 Å². The van der Waals surface area contributed by atoms with E-state index in [1.165, 1.54) is 32.4 Å². The van der Waals surface area contributed by atoms with Gasteiger partial charge >= 0.3 is 6.03 Å². The van der Waals surface area contributed by atoms with E-state index in [0.29, 0.717) is 13.1 Å². The summed E-state index contributed by atoms with van der Waals surface area (Å²) in [5.41, 5.74) is -0.681. The monoisotopic (exact) mass is 311 g/mol. The highest BCUT2D eigenvalue weighted by Gasteiger charge is 2.29. The van der Waals surface area contributed by atoms with Crippen LogP contribution in [0.25, 0.3) is 0 Å². The molecule has 1 unspecified atom stereocenters. The third-order valence-corrected chi connectivity index (χ3v) is 5.04. The van der Waals surface area contributed by atoms with Crippen molar-refractivity contribution < 1.29 is 9.90 Å². The number of nitrogens with one attached hydrogen (secondary N) is 2. The van der Waals surface area contributed by atoms with Gasteiger partial charge in [0, 0.05) is 19.6 Å². The summed E-state index contributed by atoms with van der Waals surface area (Å²) in [7, 11) is 0. The molecule has 1 atom stereocenters. The molecule has 2 rings (SSSR count). The van der Waals surface area contributed by atoms with E-state index in [1.54, 1.807) is 0 Å². The summed E-state index contributed by atoms with van der Waals surface area (Å²) in [6, 6.07) is -0.147. The summed E-state index contributed by atoms with van der Waals surface area (Å²) < 4.78 is 0. The van der Waals surface area contributed by atoms with E-state index in [-0.39, 0.29) is 6.03 Å². The van der Waals surface area contributed by atoms with Crippen molar-refractivity contribution in [3.63, 3.8) is 0 Å². The van der Waals surface area contributed by atoms with Gasteiger partial charge in [0.2, 0.25) is 0 Å². The van der Waals surface area contributed by atoms with E-state index in [9.17, 15) is 9.90 Å². The van der Waals surface area contributed by atoms with Crippen LogP contribution < -0.4 is 10.6 Å². The molecule has 0 radical (unpaired) electrons. The zero-order valence-electron chi connectivity index (χ0n) is 14.1. The molecule has 1 aliphatic carbocycles. The lowest BCUT2D eigenvalue weighted by Gasteiger charge is -2.32. The Labute approximate surface area is 134 Å². The fraction of sp³-hybridized carbons (Fsp3) is 0.941. The molecule has 1 saturated carbocycles. The molecule has 1 saturated heterocycles. The summed E-state index contributed by atoms with van der Waals surface area (Å²) >= 11 is 0. The second-order valence-electron chi connectivity index (χ2n) is 7.30. The smallest absolute Gasteiger partial charge is 0.314 e. The first-order valence-corrected chi connectivity index (χ1v) is 9.04. The molecule has 128 valence electrons. The number of amides is 2. The number of piperidine rings is 1. The Morgan fingerprint density at radius 2 is 2.00 bits per heavy atom. The number of likely N-dealkylation sites (tertiary alicyclic amines) is 1. The van der Waals surface area contributed by atoms with Gasteiger partial charge in [0.15, 0.2) is 0 Å². The lowest BCUT2D eigenvalue weighted by Crippen LogP contribution is -2.47. The van der Waals surface area contributed by atoms with Gasteiger partial charge < -0.3 is 20.6 Å². The molecule has 1 aliphatic heterocycles. The van der Waals surface area contributed by atoms with Gasteiger partial charge in [-0.15, -0.1) is 0 Å². The number of hydrogen-bond donors (Lipinski definition) is 3. The normalized spacial score (nSPS) is 25.6. The minimum Gasteiger partial charge on any atom is -0.388 e. The van der Waals surface area contributed by atoms with Crippen molar-refractivity contribution in [2.45, 2.75) is 63.9 Å². The van der Waals surface area contributed by atoms with Crippen LogP contribution in [0.15, 0.2) is 0 Å². The van der Waals surface area contributed by atoms with E-state index >= 15 is 0 Å². The Hall–Kier alpha value is -0.810. The Bertz CT molecular complexity index is 343. The zero-order chi connectivity index (χ0) is 15.8. The molecule has 3 N–H and O–H groups in total. The fourth-order valence-electron chi connectivity index (χ4n) is 3.69. The Morgan fingerprint density at radius 3 is 2.73 bits per heavy atom. The van der Waals surface area contributed by atoms with Crippen molar-refractivity contribution in [1.82, 2.24) is 15.5 Å². The highest BCUT2D eigenvalue weighted by molar-refractivity contribution is 5.73. The Morgan fingerprint density at radius 1 is 1.23 bits per heavy atom. The summed E-state index contributed by atoms with van der Waals surface area (Å²) in [5, 5.41) is 16.1. The van der Waals surface area contributed by atoms with Gasteiger partial charge in [0.25, 0.3) is 0 Å². The average molecular weight is 311 g/mol. The number of rotatable bonds is 6. The van der Waals surface area contributed by atoms with E-state index < -0.39 is 5.60 Å². The lowest BCUT2D eigenvalue weighted by molar-refractivity contribution is 0.00720. The number of hydrogen-bond acceptors (Lipinski definition) is 3. The standard InChI is InChI=1S/C17H33N3O2/c1-15-7-5-11-20(13-15)12-6-10-18-16(21)19-14-17(22)8-3-2-4-9-17/h15,22H,2-14H2,1H3,(H2,18,19,21). The number of nitrogens with zero attached hydrogens (tertiary/aromatic N) is 1. The van der Waals surface area contributed by atoms with E-state index in [0.717, 1.165) is 44.6 Å². The van der Waals surface area contributed by atoms with Crippen LogP contribution in [0.4, 0.5) is 4.79 Å². The zero-order valence-corrected chi connectivity index (χ0v) is 14.1. The van der Waals surface area contributed by atoms with Crippen LogP contribution in [0.3, 0.4) is 0 Å². The maximum Gasteiger partial charge on any atom is 0.314 e. The third-order valence-electron chi connectivity index (χ3n) is 5.04. The largest absolute Gasteiger partial charge is 0.388 e. The third kappa shape index (κ3) is 6.13. The van der Waals surface area contributed by atoms with Crippen molar-refractivity contribution in [2.24, 2.45) is 5.92 Å². The molecule has 5 heteroatoms. The number of aliphatic hydroxyl groups is 1. The summed E-state index contributed by atoms with van der Waals surface area (Å²) in [5.74, 6) is 0.807. The predicted octanol–water partition coefficient (Wildman–Crippen LogP) is 2.10. The molecule has 2 fully saturated rings. The van der Waals surface area contributed by atoms with Crippen LogP contribution in [-0.2, 0) is 0 Å². The van der Waals surface area contributed by atoms with Crippen LogP contribution in [0.2, 0.25) is 0 Å². The molecular weight excluding hydrogens is 278 g/mol. The molecule has 22 heavy (non-hydrogen) atoms. The second kappa shape index (κ2) is 8.73. The van der Waals surface area contributed by atoms with Crippen molar-refractivity contribution in [2.75, 3.05) is 32.7 Å². The second-order valence-corrected chi connectivity index (χ2v) is 7.30. The molecule has 0 aromatic carbocycles. The molecule has 0 bridgehead atoms. The van der Waals surface area contributed by atoms with Crippen molar-refractivity contribution in [1.29, 1.82) is 0 Å². The SMILES string of the molecule is CC1CCCN(CCCNC(=O)NCC2(O)CCCCC2)C1. The van der Waals surface area contributed by atoms with Gasteiger partial charge in [0.05, 0.1) is 5.60 Å². The van der Waals surface area contributed by atoms with E-state index in [4.69, 9.17) is 0 Å². The molecule has 0 aromatic heterocycles. The highest BCUT2D eigenvalue weighted by atomic mass is 16.3. The molecule has 2 amide bonds. The van der Waals surface area contributed by atoms with Gasteiger partial charge in [0.1, 0.15) is 0 Å². The molecular formula is C17H33N3O2. The van der Waals surface area contributed by atoms with Crippen LogP contribution in [0, 0.1) is 5.92 Å². The van der Waals surface area contributed by atoms with Gasteiger partial charge in [-0.1, -0.05) is 26.2 Å². The van der Waals surface area contributed by atoms with Crippen LogP contribution >= 0.6 is 0 Å². The van der Waals surface area contributed by atoms with Gasteiger partial charge in [-0.25, -0.2) is 4.79 Å². The van der Waals surface area contributed by atoms with Gasteiger partial charge in [-0.3, -0.25) is 0 Å². The van der Waals surface area contributed by atoms with Gasteiger partial charge in [-0.2, -0.15) is 0 Å². The first-order chi connectivity index (χ1) is 10.6. The minimum atomic E-state index is -0.681. The summed E-state index contributed by atoms with van der Waals surface area (Å²) in [6.07, 6.45) is 8.57. The Kier molecular flexibility index (Phi) is 6.96. The number of carbonyl (C=O) groups excluding carboxylic acids is 1. The van der Waals surface area contributed by atoms with Crippen molar-refractivity contribution in [3.8, 4) is 0 Å². The summed E-state index contributed by atoms with van der Waals surface area (Å²) in [6.45, 7) is 6.85. The maximum atomic E-state index is 11.8. The van der Waals surface area contributed by atoms with Crippen LogP contribution in [0.5, 0.6) is 0 Å². The van der Waals surface area contributed by atoms with Crippen molar-refractivity contribution in [3.05, 3.63) is 0 Å². The lowest BCUT2D eigenvalue weighted by atomic mass is 9.85. The Balaban J connectivity index is 1.52. The first kappa shape index (κ1) is 17.5.